The Morgan fingerprint density at radius 3 is 2.88 bits per heavy atom. The summed E-state index contributed by atoms with van der Waals surface area (Å²) in [5.41, 5.74) is 0.631. The third-order valence-electron chi connectivity index (χ3n) is 3.59. The fourth-order valence-corrected chi connectivity index (χ4v) is 2.34. The molecule has 2 atom stereocenters. The molecule has 3 nitrogen and oxygen atoms in total. The van der Waals surface area contributed by atoms with Crippen molar-refractivity contribution in [3.05, 3.63) is 29.0 Å². The zero-order chi connectivity index (χ0) is 12.4. The Morgan fingerprint density at radius 2 is 2.24 bits per heavy atom. The molecule has 0 aromatic carbocycles. The summed E-state index contributed by atoms with van der Waals surface area (Å²) in [6.45, 7) is 6.11. The maximum absolute atomic E-state index is 12.2. The third kappa shape index (κ3) is 2.78. The maximum atomic E-state index is 12.2. The molecule has 1 amide bonds. The molecule has 0 aliphatic carbocycles. The predicted octanol–water partition coefficient (Wildman–Crippen LogP) is 2.85. The molecule has 1 aliphatic rings. The minimum Gasteiger partial charge on any atom is -0.338 e. The van der Waals surface area contributed by atoms with Crippen molar-refractivity contribution >= 4 is 17.5 Å². The SMILES string of the molecule is CC1CCN(C(=O)c2ccnc(Cl)c2)CC1C. The van der Waals surface area contributed by atoms with E-state index in [-0.39, 0.29) is 5.91 Å². The van der Waals surface area contributed by atoms with Crippen LogP contribution in [0, 0.1) is 11.8 Å². The Balaban J connectivity index is 2.10. The van der Waals surface area contributed by atoms with Gasteiger partial charge in [-0.3, -0.25) is 4.79 Å². The lowest BCUT2D eigenvalue weighted by Gasteiger charge is -2.35. The van der Waals surface area contributed by atoms with Crippen LogP contribution in [0.5, 0.6) is 0 Å². The van der Waals surface area contributed by atoms with Gasteiger partial charge in [-0.2, -0.15) is 0 Å². The lowest BCUT2D eigenvalue weighted by Crippen LogP contribution is -2.42. The van der Waals surface area contributed by atoms with Crippen molar-refractivity contribution in [2.45, 2.75) is 20.3 Å². The summed E-state index contributed by atoms with van der Waals surface area (Å²) in [5, 5.41) is 0.370. The average molecular weight is 253 g/mol. The molecule has 2 unspecified atom stereocenters. The smallest absolute Gasteiger partial charge is 0.254 e. The summed E-state index contributed by atoms with van der Waals surface area (Å²) in [5.74, 6) is 1.32. The van der Waals surface area contributed by atoms with Gasteiger partial charge in [0, 0.05) is 24.8 Å². The number of aromatic nitrogens is 1. The van der Waals surface area contributed by atoms with Crippen molar-refractivity contribution in [3.63, 3.8) is 0 Å². The van der Waals surface area contributed by atoms with Crippen LogP contribution in [-0.4, -0.2) is 28.9 Å². The van der Waals surface area contributed by atoms with E-state index >= 15 is 0 Å². The quantitative estimate of drug-likeness (QED) is 0.720. The first-order valence-electron chi connectivity index (χ1n) is 5.98. The van der Waals surface area contributed by atoms with Crippen molar-refractivity contribution in [1.82, 2.24) is 9.88 Å². The van der Waals surface area contributed by atoms with E-state index in [1.165, 1.54) is 0 Å². The second kappa shape index (κ2) is 5.05. The van der Waals surface area contributed by atoms with Gasteiger partial charge in [0.05, 0.1) is 0 Å². The molecule has 0 saturated carbocycles. The largest absolute Gasteiger partial charge is 0.338 e. The number of carbonyl (C=O) groups is 1. The summed E-state index contributed by atoms with van der Waals surface area (Å²) >= 11 is 5.80. The number of carbonyl (C=O) groups excluding carboxylic acids is 1. The molecule has 1 saturated heterocycles. The zero-order valence-corrected chi connectivity index (χ0v) is 10.9. The predicted molar refractivity (Wildman–Crippen MR) is 68.1 cm³/mol. The maximum Gasteiger partial charge on any atom is 0.254 e. The second-order valence-corrected chi connectivity index (χ2v) is 5.25. The molecule has 2 rings (SSSR count). The number of amides is 1. The van der Waals surface area contributed by atoms with Gasteiger partial charge in [-0.05, 0) is 30.4 Å². The van der Waals surface area contributed by atoms with Crippen molar-refractivity contribution in [2.24, 2.45) is 11.8 Å². The monoisotopic (exact) mass is 252 g/mol. The van der Waals surface area contributed by atoms with E-state index in [1.807, 2.05) is 4.90 Å². The Hall–Kier alpha value is -1.09. The molecule has 0 radical (unpaired) electrons. The number of likely N-dealkylation sites (tertiary alicyclic amines) is 1. The minimum atomic E-state index is 0.0630. The Morgan fingerprint density at radius 1 is 1.47 bits per heavy atom. The Kier molecular flexibility index (Phi) is 3.67. The second-order valence-electron chi connectivity index (χ2n) is 4.86. The molecule has 17 heavy (non-hydrogen) atoms. The van der Waals surface area contributed by atoms with Crippen molar-refractivity contribution in [3.8, 4) is 0 Å². The fourth-order valence-electron chi connectivity index (χ4n) is 2.17. The number of piperidine rings is 1. The van der Waals surface area contributed by atoms with E-state index in [2.05, 4.69) is 18.8 Å². The van der Waals surface area contributed by atoms with Gasteiger partial charge in [0.15, 0.2) is 0 Å². The highest BCUT2D eigenvalue weighted by molar-refractivity contribution is 6.29. The van der Waals surface area contributed by atoms with Gasteiger partial charge >= 0.3 is 0 Å². The van der Waals surface area contributed by atoms with Gasteiger partial charge in [-0.1, -0.05) is 25.4 Å². The van der Waals surface area contributed by atoms with E-state index in [0.717, 1.165) is 19.5 Å². The van der Waals surface area contributed by atoms with Gasteiger partial charge in [-0.15, -0.1) is 0 Å². The number of nitrogens with zero attached hydrogens (tertiary/aromatic N) is 2. The minimum absolute atomic E-state index is 0.0630. The highest BCUT2D eigenvalue weighted by Crippen LogP contribution is 2.23. The van der Waals surface area contributed by atoms with E-state index in [9.17, 15) is 4.79 Å². The van der Waals surface area contributed by atoms with E-state index < -0.39 is 0 Å². The van der Waals surface area contributed by atoms with Gasteiger partial charge in [0.1, 0.15) is 5.15 Å². The molecular weight excluding hydrogens is 236 g/mol. The third-order valence-corrected chi connectivity index (χ3v) is 3.80. The summed E-state index contributed by atoms with van der Waals surface area (Å²) in [6.07, 6.45) is 2.65. The van der Waals surface area contributed by atoms with Crippen LogP contribution in [0.4, 0.5) is 0 Å². The van der Waals surface area contributed by atoms with Crippen LogP contribution in [0.2, 0.25) is 5.15 Å². The number of rotatable bonds is 1. The van der Waals surface area contributed by atoms with E-state index in [0.29, 0.717) is 22.6 Å². The fraction of sp³-hybridized carbons (Fsp3) is 0.538. The van der Waals surface area contributed by atoms with Crippen molar-refractivity contribution < 1.29 is 4.79 Å². The van der Waals surface area contributed by atoms with E-state index in [1.54, 1.807) is 18.3 Å². The Bertz CT molecular complexity index is 422. The molecule has 0 spiro atoms. The molecule has 4 heteroatoms. The standard InChI is InChI=1S/C13H17ClN2O/c1-9-4-6-16(8-10(9)2)13(17)11-3-5-15-12(14)7-11/h3,5,7,9-10H,4,6,8H2,1-2H3. The molecule has 2 heterocycles. The van der Waals surface area contributed by atoms with Gasteiger partial charge in [0.25, 0.3) is 5.91 Å². The lowest BCUT2D eigenvalue weighted by atomic mass is 9.88. The first-order valence-corrected chi connectivity index (χ1v) is 6.36. The highest BCUT2D eigenvalue weighted by atomic mass is 35.5. The first-order chi connectivity index (χ1) is 8.08. The van der Waals surface area contributed by atoms with E-state index in [4.69, 9.17) is 11.6 Å². The summed E-state index contributed by atoms with van der Waals surface area (Å²) in [7, 11) is 0. The summed E-state index contributed by atoms with van der Waals surface area (Å²) in [6, 6.07) is 3.35. The van der Waals surface area contributed by atoms with Crippen molar-refractivity contribution in [2.75, 3.05) is 13.1 Å². The molecule has 0 bridgehead atoms. The zero-order valence-electron chi connectivity index (χ0n) is 10.2. The van der Waals surface area contributed by atoms with Crippen LogP contribution in [0.25, 0.3) is 0 Å². The van der Waals surface area contributed by atoms with Gasteiger partial charge < -0.3 is 4.90 Å². The molecule has 1 aromatic heterocycles. The van der Waals surface area contributed by atoms with Crippen LogP contribution in [0.15, 0.2) is 18.3 Å². The van der Waals surface area contributed by atoms with Crippen LogP contribution in [0.1, 0.15) is 30.6 Å². The first kappa shape index (κ1) is 12.4. The van der Waals surface area contributed by atoms with Crippen LogP contribution in [0.3, 0.4) is 0 Å². The molecule has 1 fully saturated rings. The Labute approximate surface area is 107 Å². The van der Waals surface area contributed by atoms with Crippen LogP contribution < -0.4 is 0 Å². The molecule has 0 N–H and O–H groups in total. The summed E-state index contributed by atoms with van der Waals surface area (Å²) in [4.78, 5) is 18.0. The average Bonchev–Trinajstić information content (AvgIpc) is 2.32. The molecule has 1 aliphatic heterocycles. The van der Waals surface area contributed by atoms with Gasteiger partial charge in [-0.25, -0.2) is 4.98 Å². The number of pyridine rings is 1. The molecular formula is C13H17ClN2O. The van der Waals surface area contributed by atoms with Crippen LogP contribution >= 0.6 is 11.6 Å². The number of halogens is 1. The normalized spacial score (nSPS) is 24.8. The van der Waals surface area contributed by atoms with Crippen molar-refractivity contribution in [1.29, 1.82) is 0 Å². The number of hydrogen-bond donors (Lipinski definition) is 0. The molecule has 1 aromatic rings. The van der Waals surface area contributed by atoms with Gasteiger partial charge in [0.2, 0.25) is 0 Å². The van der Waals surface area contributed by atoms with Crippen LogP contribution in [-0.2, 0) is 0 Å². The molecule has 92 valence electrons. The highest BCUT2D eigenvalue weighted by Gasteiger charge is 2.26. The number of hydrogen-bond acceptors (Lipinski definition) is 2. The topological polar surface area (TPSA) is 33.2 Å². The lowest BCUT2D eigenvalue weighted by molar-refractivity contribution is 0.0627. The summed E-state index contributed by atoms with van der Waals surface area (Å²) < 4.78 is 0.